The van der Waals surface area contributed by atoms with E-state index < -0.39 is 12.1 Å². The van der Waals surface area contributed by atoms with Crippen molar-refractivity contribution in [2.45, 2.75) is 58.5 Å². The van der Waals surface area contributed by atoms with Gasteiger partial charge in [-0.1, -0.05) is 13.8 Å². The van der Waals surface area contributed by atoms with Crippen LogP contribution in [0.15, 0.2) is 4.99 Å². The van der Waals surface area contributed by atoms with Gasteiger partial charge in [0.05, 0.1) is 6.04 Å². The van der Waals surface area contributed by atoms with Crippen LogP contribution < -0.4 is 27.4 Å². The van der Waals surface area contributed by atoms with Crippen LogP contribution in [0.2, 0.25) is 0 Å². The Hall–Kier alpha value is -2.65. The van der Waals surface area contributed by atoms with Gasteiger partial charge < -0.3 is 32.2 Å². The summed E-state index contributed by atoms with van der Waals surface area (Å²) in [5.41, 5.74) is 10.4. The van der Waals surface area contributed by atoms with E-state index in [2.05, 4.69) is 20.9 Å². The number of nitrogens with two attached hydrogens (primary N) is 2. The monoisotopic (exact) mass is 385 g/mol. The number of guanidine groups is 1. The second-order valence-corrected chi connectivity index (χ2v) is 6.68. The standard InChI is InChI=1S/C17H32N6O4/c1-11(2)9-14(22-12(3)25)16(27)20-8-6-15(26)23-13(10-24)5-4-7-21-17(18)19/h10-11,13-14H,4-9H2,1-3H3,(H,20,27)(H,22,25)(H,23,26)(H4,18,19,21)/t13-,14-/m0/s1/i10+1. The van der Waals surface area contributed by atoms with Gasteiger partial charge in [0.2, 0.25) is 17.7 Å². The third kappa shape index (κ3) is 13.2. The highest BCUT2D eigenvalue weighted by molar-refractivity contribution is 5.87. The van der Waals surface area contributed by atoms with E-state index in [0.717, 1.165) is 0 Å². The third-order valence-electron chi connectivity index (χ3n) is 3.53. The number of nitrogens with zero attached hydrogens (tertiary/aromatic N) is 1. The van der Waals surface area contributed by atoms with Gasteiger partial charge in [0.25, 0.3) is 0 Å². The van der Waals surface area contributed by atoms with Crippen LogP contribution in [0.3, 0.4) is 0 Å². The van der Waals surface area contributed by atoms with Crippen molar-refractivity contribution in [3.63, 3.8) is 0 Å². The molecule has 0 saturated carbocycles. The smallest absolute Gasteiger partial charge is 0.242 e. The van der Waals surface area contributed by atoms with Crippen LogP contribution >= 0.6 is 0 Å². The Bertz CT molecular complexity index is 532. The first-order valence-corrected chi connectivity index (χ1v) is 9.00. The maximum absolute atomic E-state index is 12.2. The van der Waals surface area contributed by atoms with Crippen molar-refractivity contribution < 1.29 is 19.2 Å². The molecule has 0 aromatic heterocycles. The van der Waals surface area contributed by atoms with Crippen LogP contribution in [-0.2, 0) is 19.2 Å². The zero-order chi connectivity index (χ0) is 20.8. The van der Waals surface area contributed by atoms with E-state index in [1.165, 1.54) is 6.92 Å². The van der Waals surface area contributed by atoms with Gasteiger partial charge in [0.15, 0.2) is 5.96 Å². The molecule has 154 valence electrons. The number of hydrogen-bond donors (Lipinski definition) is 5. The Balaban J connectivity index is 4.26. The fraction of sp³-hybridized carbons (Fsp3) is 0.706. The Morgan fingerprint density at radius 2 is 1.81 bits per heavy atom. The minimum atomic E-state index is -0.635. The number of aldehydes is 1. The van der Waals surface area contributed by atoms with E-state index >= 15 is 0 Å². The largest absolute Gasteiger partial charge is 0.370 e. The molecular weight excluding hydrogens is 353 g/mol. The summed E-state index contributed by atoms with van der Waals surface area (Å²) in [7, 11) is 0. The summed E-state index contributed by atoms with van der Waals surface area (Å²) < 4.78 is 0. The lowest BCUT2D eigenvalue weighted by atomic mass is 10.0. The molecule has 10 nitrogen and oxygen atoms in total. The molecule has 2 atom stereocenters. The number of amides is 3. The first-order chi connectivity index (χ1) is 12.6. The third-order valence-corrected chi connectivity index (χ3v) is 3.53. The first kappa shape index (κ1) is 24.4. The van der Waals surface area contributed by atoms with E-state index in [4.69, 9.17) is 11.5 Å². The molecule has 0 fully saturated rings. The van der Waals surface area contributed by atoms with Crippen molar-refractivity contribution in [2.24, 2.45) is 22.4 Å². The molecule has 0 radical (unpaired) electrons. The molecule has 0 aliphatic rings. The average Bonchev–Trinajstić information content (AvgIpc) is 2.55. The van der Waals surface area contributed by atoms with Crippen molar-refractivity contribution in [3.8, 4) is 0 Å². The van der Waals surface area contributed by atoms with Crippen LogP contribution in [0.1, 0.15) is 46.5 Å². The zero-order valence-corrected chi connectivity index (χ0v) is 16.3. The zero-order valence-electron chi connectivity index (χ0n) is 16.3. The van der Waals surface area contributed by atoms with E-state index in [1.807, 2.05) is 13.8 Å². The molecule has 0 aromatic carbocycles. The van der Waals surface area contributed by atoms with Crippen LogP contribution in [-0.4, -0.2) is 55.1 Å². The van der Waals surface area contributed by atoms with Crippen LogP contribution in [0.25, 0.3) is 0 Å². The summed E-state index contributed by atoms with van der Waals surface area (Å²) in [6.07, 6.45) is 2.14. The number of hydrogen-bond acceptors (Lipinski definition) is 5. The SMILES string of the molecule is CC(=O)N[C@@H](CC(C)C)C(=O)NCCC(=O)N[C@@H](CCCN=C(N)N)[13CH]=O. The maximum atomic E-state index is 12.2. The normalized spacial score (nSPS) is 12.6. The fourth-order valence-electron chi connectivity index (χ4n) is 2.34. The first-order valence-electron chi connectivity index (χ1n) is 9.00. The van der Waals surface area contributed by atoms with E-state index in [9.17, 15) is 19.2 Å². The number of nitrogens with one attached hydrogen (secondary N) is 3. The Morgan fingerprint density at radius 1 is 1.15 bits per heavy atom. The molecular formula is C17H32N6O4. The van der Waals surface area contributed by atoms with Gasteiger partial charge in [0, 0.05) is 26.4 Å². The van der Waals surface area contributed by atoms with Gasteiger partial charge in [-0.3, -0.25) is 19.4 Å². The van der Waals surface area contributed by atoms with E-state index in [0.29, 0.717) is 32.1 Å². The summed E-state index contributed by atoms with van der Waals surface area (Å²) in [4.78, 5) is 50.1. The summed E-state index contributed by atoms with van der Waals surface area (Å²) in [5.74, 6) is -0.774. The number of carbonyl (C=O) groups excluding carboxylic acids is 4. The molecule has 0 aliphatic heterocycles. The van der Waals surface area contributed by atoms with Crippen LogP contribution in [0, 0.1) is 5.92 Å². The quantitative estimate of drug-likeness (QED) is 0.0875. The van der Waals surface area contributed by atoms with Crippen LogP contribution in [0.5, 0.6) is 0 Å². The number of aliphatic imine (C=N–C) groups is 1. The number of carbonyl (C=O) groups is 4. The van der Waals surface area contributed by atoms with E-state index in [1.54, 1.807) is 0 Å². The lowest BCUT2D eigenvalue weighted by molar-refractivity contribution is -0.129. The Labute approximate surface area is 159 Å². The van der Waals surface area contributed by atoms with Gasteiger partial charge in [-0.15, -0.1) is 0 Å². The van der Waals surface area contributed by atoms with Gasteiger partial charge in [-0.2, -0.15) is 0 Å². The Morgan fingerprint density at radius 3 is 2.33 bits per heavy atom. The van der Waals surface area contributed by atoms with Crippen molar-refractivity contribution >= 4 is 30.0 Å². The van der Waals surface area contributed by atoms with Crippen molar-refractivity contribution in [2.75, 3.05) is 13.1 Å². The average molecular weight is 385 g/mol. The molecule has 0 spiro atoms. The summed E-state index contributed by atoms with van der Waals surface area (Å²) in [6, 6.07) is -1.26. The summed E-state index contributed by atoms with van der Waals surface area (Å²) in [5, 5.41) is 7.82. The summed E-state index contributed by atoms with van der Waals surface area (Å²) in [6.45, 7) is 5.72. The van der Waals surface area contributed by atoms with Crippen molar-refractivity contribution in [1.82, 2.24) is 16.0 Å². The van der Waals surface area contributed by atoms with Gasteiger partial charge in [0.1, 0.15) is 12.3 Å². The molecule has 3 amide bonds. The molecule has 0 aromatic rings. The lowest BCUT2D eigenvalue weighted by Crippen LogP contribution is -2.47. The van der Waals surface area contributed by atoms with Gasteiger partial charge in [-0.25, -0.2) is 0 Å². The van der Waals surface area contributed by atoms with Crippen molar-refractivity contribution in [3.05, 3.63) is 0 Å². The minimum Gasteiger partial charge on any atom is -0.370 e. The molecule has 0 rings (SSSR count). The predicted octanol–water partition coefficient (Wildman–Crippen LogP) is -1.22. The highest BCUT2D eigenvalue weighted by Gasteiger charge is 2.20. The number of rotatable bonds is 13. The molecule has 7 N–H and O–H groups in total. The topological polar surface area (TPSA) is 169 Å². The van der Waals surface area contributed by atoms with E-state index in [-0.39, 0.29) is 42.6 Å². The second-order valence-electron chi connectivity index (χ2n) is 6.68. The Kier molecular flexibility index (Phi) is 12.2. The predicted molar refractivity (Wildman–Crippen MR) is 103 cm³/mol. The maximum Gasteiger partial charge on any atom is 0.242 e. The highest BCUT2D eigenvalue weighted by Crippen LogP contribution is 2.05. The highest BCUT2D eigenvalue weighted by atomic mass is 16.2. The van der Waals surface area contributed by atoms with Gasteiger partial charge in [-0.05, 0) is 25.2 Å². The van der Waals surface area contributed by atoms with Crippen molar-refractivity contribution in [1.29, 1.82) is 0 Å². The lowest BCUT2D eigenvalue weighted by Gasteiger charge is -2.19. The fourth-order valence-corrected chi connectivity index (χ4v) is 2.34. The van der Waals surface area contributed by atoms with Gasteiger partial charge >= 0.3 is 0 Å². The molecule has 0 bridgehead atoms. The molecule has 27 heavy (non-hydrogen) atoms. The molecule has 0 aliphatic carbocycles. The molecule has 0 heterocycles. The molecule has 10 heteroatoms. The molecule has 0 saturated heterocycles. The minimum absolute atomic E-state index is 0.0209. The summed E-state index contributed by atoms with van der Waals surface area (Å²) >= 11 is 0. The molecule has 0 unspecified atom stereocenters. The van der Waals surface area contributed by atoms with Crippen LogP contribution in [0.4, 0.5) is 0 Å². The second kappa shape index (κ2) is 13.5.